The van der Waals surface area contributed by atoms with E-state index < -0.39 is 41.9 Å². The number of aliphatic carboxylic acids is 1. The van der Waals surface area contributed by atoms with Crippen LogP contribution in [-0.4, -0.2) is 37.7 Å². The molecule has 0 radical (unpaired) electrons. The van der Waals surface area contributed by atoms with Gasteiger partial charge in [-0.1, -0.05) is 71.2 Å². The van der Waals surface area contributed by atoms with E-state index in [1.165, 1.54) is 43.4 Å². The number of carbonyl (C=O) groups excluding carboxylic acids is 1. The number of amides is 1. The van der Waals surface area contributed by atoms with Crippen molar-refractivity contribution in [1.82, 2.24) is 14.7 Å². The maximum Gasteiger partial charge on any atom is 0.435 e. The van der Waals surface area contributed by atoms with Gasteiger partial charge in [-0.25, -0.2) is 9.48 Å². The van der Waals surface area contributed by atoms with E-state index in [9.17, 15) is 27.9 Å². The molecule has 7 nitrogen and oxygen atoms in total. The zero-order valence-electron chi connectivity index (χ0n) is 21.2. The van der Waals surface area contributed by atoms with Crippen molar-refractivity contribution in [1.29, 1.82) is 0 Å². The van der Waals surface area contributed by atoms with E-state index in [1.807, 2.05) is 0 Å². The smallest absolute Gasteiger partial charge is 0.435 e. The summed E-state index contributed by atoms with van der Waals surface area (Å²) in [5, 5.41) is 14.2. The van der Waals surface area contributed by atoms with Crippen molar-refractivity contribution in [2.45, 2.75) is 25.2 Å². The Bertz CT molecular complexity index is 1580. The summed E-state index contributed by atoms with van der Waals surface area (Å²) < 4.78 is 49.3. The quantitative estimate of drug-likeness (QED) is 0.208. The van der Waals surface area contributed by atoms with Crippen molar-refractivity contribution in [2.75, 3.05) is 0 Å². The number of carboxylic acid groups (broad SMARTS) is 1. The van der Waals surface area contributed by atoms with Crippen molar-refractivity contribution in [3.05, 3.63) is 110 Å². The molecule has 4 aromatic rings. The van der Waals surface area contributed by atoms with Crippen LogP contribution in [0.15, 0.2) is 72.8 Å². The Morgan fingerprint density at radius 1 is 1.00 bits per heavy atom. The first-order valence-electron chi connectivity index (χ1n) is 11.9. The van der Waals surface area contributed by atoms with Crippen LogP contribution in [0.5, 0.6) is 11.6 Å². The fourth-order valence-electron chi connectivity index (χ4n) is 4.17. The highest BCUT2D eigenvalue weighted by molar-refractivity contribution is 6.36. The highest BCUT2D eigenvalue weighted by Crippen LogP contribution is 2.39. The monoisotopic (exact) mass is 625 g/mol. The van der Waals surface area contributed by atoms with Crippen LogP contribution < -0.4 is 4.74 Å². The molecule has 0 aliphatic carbocycles. The maximum absolute atomic E-state index is 14.2. The minimum Gasteiger partial charge on any atom is -0.480 e. The number of alkyl halides is 3. The number of aryl methyl sites for hydroxylation is 1. The van der Waals surface area contributed by atoms with E-state index in [0.717, 1.165) is 9.58 Å². The third-order valence-corrected chi connectivity index (χ3v) is 6.83. The number of ether oxygens (including phenoxy) is 1. The van der Waals surface area contributed by atoms with E-state index in [-0.39, 0.29) is 38.7 Å². The molecule has 0 aliphatic heterocycles. The molecule has 1 heterocycles. The van der Waals surface area contributed by atoms with E-state index in [0.29, 0.717) is 5.56 Å². The van der Waals surface area contributed by atoms with Gasteiger partial charge in [-0.15, -0.1) is 0 Å². The summed E-state index contributed by atoms with van der Waals surface area (Å²) in [6.07, 6.45) is -5.17. The normalized spacial score (nSPS) is 12.2. The molecule has 0 saturated carbocycles. The minimum absolute atomic E-state index is 0.103. The van der Waals surface area contributed by atoms with Crippen LogP contribution in [0, 0.1) is 0 Å². The molecule has 0 unspecified atom stereocenters. The fourth-order valence-corrected chi connectivity index (χ4v) is 4.84. The predicted molar refractivity (Wildman–Crippen MR) is 148 cm³/mol. The van der Waals surface area contributed by atoms with Crippen LogP contribution in [0.3, 0.4) is 0 Å². The lowest BCUT2D eigenvalue weighted by atomic mass is 10.0. The van der Waals surface area contributed by atoms with E-state index in [4.69, 9.17) is 39.5 Å². The average molecular weight is 627 g/mol. The Morgan fingerprint density at radius 2 is 1.68 bits per heavy atom. The lowest BCUT2D eigenvalue weighted by molar-refractivity contribution is -0.143. The molecule has 0 saturated heterocycles. The molecule has 1 aromatic heterocycles. The highest BCUT2D eigenvalue weighted by Gasteiger charge is 2.42. The van der Waals surface area contributed by atoms with Gasteiger partial charge in [-0.2, -0.15) is 18.3 Å². The Hall–Kier alpha value is -3.73. The van der Waals surface area contributed by atoms with E-state index >= 15 is 0 Å². The highest BCUT2D eigenvalue weighted by atomic mass is 35.5. The summed E-state index contributed by atoms with van der Waals surface area (Å²) in [7, 11) is 1.24. The van der Waals surface area contributed by atoms with E-state index in [1.54, 1.807) is 36.4 Å². The number of carboxylic acids is 1. The summed E-state index contributed by atoms with van der Waals surface area (Å²) in [6, 6.07) is 16.6. The molecule has 0 aliphatic rings. The van der Waals surface area contributed by atoms with Crippen molar-refractivity contribution >= 4 is 46.7 Å². The summed E-state index contributed by atoms with van der Waals surface area (Å²) in [5.74, 6) is -2.63. The predicted octanol–water partition coefficient (Wildman–Crippen LogP) is 7.53. The first kappa shape index (κ1) is 30.2. The second-order valence-corrected chi connectivity index (χ2v) is 10.2. The molecular formula is C28H21Cl3F3N3O4. The summed E-state index contributed by atoms with van der Waals surface area (Å²) in [6.45, 7) is -0.833. The zero-order valence-corrected chi connectivity index (χ0v) is 23.5. The van der Waals surface area contributed by atoms with Crippen molar-refractivity contribution in [3.63, 3.8) is 0 Å². The number of rotatable bonds is 9. The van der Waals surface area contributed by atoms with Gasteiger partial charge in [-0.05, 0) is 42.0 Å². The lowest BCUT2D eigenvalue weighted by Gasteiger charge is -2.30. The number of carbonyl (C=O) groups is 2. The third-order valence-electron chi connectivity index (χ3n) is 6.05. The molecule has 1 amide bonds. The number of hydrogen-bond acceptors (Lipinski definition) is 4. The molecule has 0 fully saturated rings. The van der Waals surface area contributed by atoms with E-state index in [2.05, 4.69) is 5.10 Å². The maximum atomic E-state index is 14.2. The molecule has 4 rings (SSSR count). The Labute approximate surface area is 247 Å². The van der Waals surface area contributed by atoms with Gasteiger partial charge in [0.05, 0.1) is 22.7 Å². The number of hydrogen-bond donors (Lipinski definition) is 1. The van der Waals surface area contributed by atoms with Crippen molar-refractivity contribution < 1.29 is 32.6 Å². The Kier molecular flexibility index (Phi) is 9.16. The summed E-state index contributed by atoms with van der Waals surface area (Å²) >= 11 is 18.3. The average Bonchev–Trinajstić information content (AvgIpc) is 3.21. The SMILES string of the molecule is Cn1nc(C(F)(F)F)c(CN(C(=O)c2ccc(Cl)cc2Cl)[C@@H](Cc2ccccc2)C(=O)O)c1Oc1cccc(Cl)c1. The van der Waals surface area contributed by atoms with Crippen LogP contribution >= 0.6 is 34.8 Å². The van der Waals surface area contributed by atoms with Gasteiger partial charge in [0.15, 0.2) is 5.69 Å². The second-order valence-electron chi connectivity index (χ2n) is 8.91. The van der Waals surface area contributed by atoms with Crippen molar-refractivity contribution in [2.24, 2.45) is 7.05 Å². The molecule has 1 atom stereocenters. The van der Waals surface area contributed by atoms with Gasteiger partial charge in [0.25, 0.3) is 5.91 Å². The lowest BCUT2D eigenvalue weighted by Crippen LogP contribution is -2.46. The molecule has 0 spiro atoms. The molecular weight excluding hydrogens is 606 g/mol. The number of aromatic nitrogens is 2. The first-order chi connectivity index (χ1) is 19.3. The van der Waals surface area contributed by atoms with Gasteiger partial charge in [0.1, 0.15) is 11.8 Å². The van der Waals surface area contributed by atoms with Crippen molar-refractivity contribution in [3.8, 4) is 11.6 Å². The molecule has 0 bridgehead atoms. The van der Waals surface area contributed by atoms with Gasteiger partial charge in [-0.3, -0.25) is 4.79 Å². The summed E-state index contributed by atoms with van der Waals surface area (Å²) in [4.78, 5) is 27.2. The molecule has 13 heteroatoms. The van der Waals surface area contributed by atoms with Crippen LogP contribution in [0.1, 0.15) is 27.2 Å². The molecule has 41 heavy (non-hydrogen) atoms. The molecule has 3 aromatic carbocycles. The fraction of sp³-hybridized carbons (Fsp3) is 0.179. The zero-order chi connectivity index (χ0) is 29.9. The van der Waals surface area contributed by atoms with Crippen LogP contribution in [0.25, 0.3) is 0 Å². The van der Waals surface area contributed by atoms with Gasteiger partial charge >= 0.3 is 12.1 Å². The van der Waals surface area contributed by atoms with Gasteiger partial charge < -0.3 is 14.7 Å². The number of benzene rings is 3. The first-order valence-corrected chi connectivity index (χ1v) is 13.1. The van der Waals surface area contributed by atoms with Crippen LogP contribution in [0.4, 0.5) is 13.2 Å². The van der Waals surface area contributed by atoms with Crippen LogP contribution in [0.2, 0.25) is 15.1 Å². The largest absolute Gasteiger partial charge is 0.480 e. The van der Waals surface area contributed by atoms with Gasteiger partial charge in [0, 0.05) is 23.5 Å². The van der Waals surface area contributed by atoms with Gasteiger partial charge in [0.2, 0.25) is 5.88 Å². The number of nitrogens with zero attached hydrogens (tertiary/aromatic N) is 3. The standard InChI is InChI=1S/C28H21Cl3F3N3O4/c1-36-26(41-19-9-5-8-17(29)13-19)21(24(35-36)28(32,33)34)15-37(25(38)20-11-10-18(30)14-22(20)31)23(27(39)40)12-16-6-3-2-4-7-16/h2-11,13-14,23H,12,15H2,1H3,(H,39,40)/t23-/m0/s1. The Morgan fingerprint density at radius 3 is 2.29 bits per heavy atom. The second kappa shape index (κ2) is 12.4. The molecule has 214 valence electrons. The van der Waals surface area contributed by atoms with Crippen LogP contribution in [-0.2, 0) is 31.0 Å². The minimum atomic E-state index is -4.96. The third kappa shape index (κ3) is 7.13. The summed E-state index contributed by atoms with van der Waals surface area (Å²) in [5.41, 5.74) is -1.51. The Balaban J connectivity index is 1.87. The number of halogens is 6. The molecule has 1 N–H and O–H groups in total. The topological polar surface area (TPSA) is 84.7 Å².